The summed E-state index contributed by atoms with van der Waals surface area (Å²) in [6, 6.07) is 0. The first-order chi connectivity index (χ1) is 19.9. The first kappa shape index (κ1) is 43.7. The molecule has 0 bridgehead atoms. The molecule has 0 aromatic rings. The fraction of sp³-hybridized carbons (Fsp3) is 0.703. The van der Waals surface area contributed by atoms with E-state index < -0.39 is 30.9 Å². The largest absolute Gasteiger partial charge is 0.478 e. The number of hydrogen-bond acceptors (Lipinski definition) is 4. The maximum Gasteiger partial charge on any atom is 0.328 e. The predicted molar refractivity (Wildman–Crippen MR) is 204 cm³/mol. The van der Waals surface area contributed by atoms with E-state index in [1.54, 1.807) is 6.08 Å². The molecule has 1 N–H and O–H groups in total. The number of carboxylic acid groups (broad SMARTS) is 1. The first-order valence-corrected chi connectivity index (χ1v) is 25.3. The van der Waals surface area contributed by atoms with Crippen LogP contribution in [0.5, 0.6) is 0 Å². The summed E-state index contributed by atoms with van der Waals surface area (Å²) in [5.74, 6) is -0.948. The van der Waals surface area contributed by atoms with Gasteiger partial charge in [-0.05, 0) is 88.5 Å². The van der Waals surface area contributed by atoms with Gasteiger partial charge in [-0.25, -0.2) is 4.79 Å². The van der Waals surface area contributed by atoms with Gasteiger partial charge in [-0.2, -0.15) is 0 Å². The van der Waals surface area contributed by atoms with E-state index in [1.807, 2.05) is 32.1 Å². The molecule has 45 heavy (non-hydrogen) atoms. The molecule has 0 aliphatic carbocycles. The number of hydrogen-bond donors (Lipinski definition) is 1. The maximum atomic E-state index is 10.8. The summed E-state index contributed by atoms with van der Waals surface area (Å²) in [6.07, 6.45) is 13.6. The predicted octanol–water partition coefficient (Wildman–Crippen LogP) is 11.6. The molecule has 5 nitrogen and oxygen atoms in total. The Morgan fingerprint density at radius 1 is 0.667 bits per heavy atom. The third-order valence-electron chi connectivity index (χ3n) is 9.81. The second-order valence-electron chi connectivity index (χ2n) is 17.4. The minimum absolute atomic E-state index is 0.0335. The first-order valence-electron chi connectivity index (χ1n) is 16.6. The van der Waals surface area contributed by atoms with Crippen molar-refractivity contribution in [3.63, 3.8) is 0 Å². The van der Waals surface area contributed by atoms with Gasteiger partial charge in [-0.1, -0.05) is 115 Å². The molecule has 0 heterocycles. The summed E-state index contributed by atoms with van der Waals surface area (Å²) in [4.78, 5) is 10.8. The molecule has 0 aliphatic rings. The van der Waals surface area contributed by atoms with Crippen molar-refractivity contribution in [2.24, 2.45) is 0 Å². The van der Waals surface area contributed by atoms with Gasteiger partial charge < -0.3 is 18.4 Å². The number of allylic oxidation sites excluding steroid dienone is 8. The Hall–Kier alpha value is -1.30. The van der Waals surface area contributed by atoms with Gasteiger partial charge in [0.2, 0.25) is 0 Å². The van der Waals surface area contributed by atoms with Crippen molar-refractivity contribution in [3.8, 4) is 0 Å². The maximum absolute atomic E-state index is 10.8. The quantitative estimate of drug-likeness (QED) is 0.106. The van der Waals surface area contributed by atoms with E-state index in [0.29, 0.717) is 0 Å². The lowest BCUT2D eigenvalue weighted by Crippen LogP contribution is -2.52. The zero-order chi connectivity index (χ0) is 35.8. The smallest absolute Gasteiger partial charge is 0.328 e. The van der Waals surface area contributed by atoms with Gasteiger partial charge in [-0.3, -0.25) is 0 Å². The van der Waals surface area contributed by atoms with E-state index in [9.17, 15) is 4.79 Å². The second kappa shape index (κ2) is 16.7. The average Bonchev–Trinajstić information content (AvgIpc) is 2.79. The van der Waals surface area contributed by atoms with Crippen LogP contribution in [0.1, 0.15) is 96.4 Å². The molecule has 8 heteroatoms. The molecular formula is C37H70O5Si3. The van der Waals surface area contributed by atoms with Crippen molar-refractivity contribution in [2.75, 3.05) is 0 Å². The molecule has 0 rings (SSSR count). The van der Waals surface area contributed by atoms with Crippen molar-refractivity contribution < 1.29 is 23.2 Å². The molecule has 0 saturated heterocycles. The van der Waals surface area contributed by atoms with Gasteiger partial charge in [0, 0.05) is 12.2 Å². The van der Waals surface area contributed by atoms with Crippen LogP contribution in [-0.2, 0) is 18.1 Å². The Morgan fingerprint density at radius 2 is 1.11 bits per heavy atom. The third kappa shape index (κ3) is 15.4. The Bertz CT molecular complexity index is 1120. The van der Waals surface area contributed by atoms with E-state index in [4.69, 9.17) is 18.4 Å². The summed E-state index contributed by atoms with van der Waals surface area (Å²) in [7, 11) is -6.29. The summed E-state index contributed by atoms with van der Waals surface area (Å²) in [6.45, 7) is 42.8. The molecule has 3 atom stereocenters. The van der Waals surface area contributed by atoms with Gasteiger partial charge in [0.15, 0.2) is 25.0 Å². The molecule has 0 amide bonds. The van der Waals surface area contributed by atoms with E-state index >= 15 is 0 Å². The van der Waals surface area contributed by atoms with Crippen molar-refractivity contribution in [3.05, 3.63) is 59.3 Å². The SMILES string of the molecule is CC(=C\C=C\C(C)=C\[C@H](O[Si](C)(C)C(C)(C)C)[C@H](C[C@H](C)O[Si](C)(C)C(C)(C)C)O[Si](C)(C)C(C)(C)C)/C=C(C)/C=C/C(=O)O. The third-order valence-corrected chi connectivity index (χ3v) is 23.4. The Morgan fingerprint density at radius 3 is 1.56 bits per heavy atom. The lowest BCUT2D eigenvalue weighted by molar-refractivity contribution is -0.131. The lowest BCUT2D eigenvalue weighted by Gasteiger charge is -2.46. The van der Waals surface area contributed by atoms with Crippen LogP contribution >= 0.6 is 0 Å². The molecule has 0 unspecified atom stereocenters. The summed E-state index contributed by atoms with van der Waals surface area (Å²) >= 11 is 0. The second-order valence-corrected chi connectivity index (χ2v) is 31.7. The zero-order valence-corrected chi connectivity index (χ0v) is 35.6. The van der Waals surface area contributed by atoms with Gasteiger partial charge >= 0.3 is 5.97 Å². The Kier molecular flexibility index (Phi) is 16.2. The molecule has 0 aliphatic heterocycles. The minimum Gasteiger partial charge on any atom is -0.478 e. The van der Waals surface area contributed by atoms with E-state index in [2.05, 4.69) is 128 Å². The Labute approximate surface area is 281 Å². The molecule has 260 valence electrons. The van der Waals surface area contributed by atoms with Gasteiger partial charge in [-0.15, -0.1) is 0 Å². The Balaban J connectivity index is 6.79. The summed E-state index contributed by atoms with van der Waals surface area (Å²) < 4.78 is 21.4. The molecule has 0 fully saturated rings. The zero-order valence-electron chi connectivity index (χ0n) is 32.6. The summed E-state index contributed by atoms with van der Waals surface area (Å²) in [5, 5.41) is 9.12. The minimum atomic E-state index is -2.16. The molecule has 0 saturated carbocycles. The van der Waals surface area contributed by atoms with Crippen LogP contribution in [-0.4, -0.2) is 54.3 Å². The lowest BCUT2D eigenvalue weighted by atomic mass is 10.0. The number of carbonyl (C=O) groups is 1. The van der Waals surface area contributed by atoms with Gasteiger partial charge in [0.05, 0.1) is 12.2 Å². The van der Waals surface area contributed by atoms with E-state index in [1.165, 1.54) is 0 Å². The van der Waals surface area contributed by atoms with Gasteiger partial charge in [0.25, 0.3) is 0 Å². The van der Waals surface area contributed by atoms with Crippen molar-refractivity contribution >= 4 is 30.9 Å². The molecule has 0 aromatic carbocycles. The number of aliphatic carboxylic acids is 1. The molecule has 0 radical (unpaired) electrons. The highest BCUT2D eigenvalue weighted by Crippen LogP contribution is 2.42. The standard InChI is InChI=1S/C37H70O5Si3/c1-28(25-30(3)23-24-34(38)39)21-20-22-29(2)26-32(41-44(16,17)36(8,9)10)33(42-45(18,19)37(11,12)13)27-31(4)40-43(14,15)35(5,6)7/h20-26,31-33H,27H2,1-19H3,(H,38,39)/b22-20+,24-23+,28-21+,29-26+,30-25+/t31-,32-,33-/m0/s1. The molecular weight excluding hydrogens is 609 g/mol. The monoisotopic (exact) mass is 678 g/mol. The number of carboxylic acids is 1. The fourth-order valence-electron chi connectivity index (χ4n) is 3.92. The molecule has 0 aromatic heterocycles. The van der Waals surface area contributed by atoms with Crippen molar-refractivity contribution in [1.29, 1.82) is 0 Å². The molecule has 0 spiro atoms. The normalized spacial score (nSPS) is 17.7. The van der Waals surface area contributed by atoms with Crippen LogP contribution in [0.25, 0.3) is 0 Å². The highest BCUT2D eigenvalue weighted by Gasteiger charge is 2.45. The van der Waals surface area contributed by atoms with Crippen molar-refractivity contribution in [2.45, 2.75) is 169 Å². The van der Waals surface area contributed by atoms with Crippen LogP contribution in [0, 0.1) is 0 Å². The summed E-state index contributed by atoms with van der Waals surface area (Å²) in [5.41, 5.74) is 3.03. The topological polar surface area (TPSA) is 65.0 Å². The van der Waals surface area contributed by atoms with E-state index in [-0.39, 0.29) is 33.4 Å². The van der Waals surface area contributed by atoms with Crippen molar-refractivity contribution in [1.82, 2.24) is 0 Å². The fourth-order valence-corrected chi connectivity index (χ4v) is 7.97. The van der Waals surface area contributed by atoms with Crippen LogP contribution in [0.15, 0.2) is 59.3 Å². The highest BCUT2D eigenvalue weighted by atomic mass is 28.4. The number of rotatable bonds is 15. The highest BCUT2D eigenvalue weighted by molar-refractivity contribution is 6.75. The van der Waals surface area contributed by atoms with Crippen LogP contribution < -0.4 is 0 Å². The van der Waals surface area contributed by atoms with Crippen LogP contribution in [0.2, 0.25) is 54.4 Å². The average molecular weight is 679 g/mol. The van der Waals surface area contributed by atoms with Crippen LogP contribution in [0.4, 0.5) is 0 Å². The van der Waals surface area contributed by atoms with E-state index in [0.717, 1.165) is 29.2 Å². The van der Waals surface area contributed by atoms with Gasteiger partial charge in [0.1, 0.15) is 0 Å². The van der Waals surface area contributed by atoms with Crippen LogP contribution in [0.3, 0.4) is 0 Å².